The molecular formula is C14H24N2S. The van der Waals surface area contributed by atoms with Gasteiger partial charge in [0.1, 0.15) is 0 Å². The summed E-state index contributed by atoms with van der Waals surface area (Å²) in [6.45, 7) is 10.5. The maximum atomic E-state index is 3.60. The number of piperidine rings is 1. The van der Waals surface area contributed by atoms with Crippen LogP contribution < -0.4 is 5.32 Å². The Balaban J connectivity index is 1.93. The Labute approximate surface area is 109 Å². The molecule has 1 aromatic rings. The molecule has 1 aliphatic heterocycles. The molecular weight excluding hydrogens is 228 g/mol. The molecule has 3 unspecified atom stereocenters. The summed E-state index contributed by atoms with van der Waals surface area (Å²) in [7, 11) is 0. The van der Waals surface area contributed by atoms with Crippen molar-refractivity contribution in [3.05, 3.63) is 22.4 Å². The zero-order chi connectivity index (χ0) is 12.3. The third-order valence-corrected chi connectivity index (χ3v) is 4.95. The summed E-state index contributed by atoms with van der Waals surface area (Å²) in [5.74, 6) is 0.756. The van der Waals surface area contributed by atoms with Gasteiger partial charge < -0.3 is 5.32 Å². The number of hydrogen-bond acceptors (Lipinski definition) is 3. The largest absolute Gasteiger partial charge is 0.314 e. The van der Waals surface area contributed by atoms with Gasteiger partial charge in [0.05, 0.1) is 0 Å². The van der Waals surface area contributed by atoms with Crippen molar-refractivity contribution < 1.29 is 0 Å². The highest BCUT2D eigenvalue weighted by Crippen LogP contribution is 2.29. The number of thiophene rings is 1. The fraction of sp³-hybridized carbons (Fsp3) is 0.714. The van der Waals surface area contributed by atoms with Crippen molar-refractivity contribution in [3.8, 4) is 0 Å². The summed E-state index contributed by atoms with van der Waals surface area (Å²) in [6.07, 6.45) is 1.28. The predicted molar refractivity (Wildman–Crippen MR) is 75.6 cm³/mol. The summed E-state index contributed by atoms with van der Waals surface area (Å²) in [6, 6.07) is 5.72. The van der Waals surface area contributed by atoms with Crippen LogP contribution in [0.15, 0.2) is 17.5 Å². The second kappa shape index (κ2) is 5.98. The Morgan fingerprint density at radius 3 is 3.00 bits per heavy atom. The number of hydrogen-bond donors (Lipinski definition) is 1. The van der Waals surface area contributed by atoms with Crippen molar-refractivity contribution in [1.82, 2.24) is 10.2 Å². The van der Waals surface area contributed by atoms with Gasteiger partial charge in [-0.2, -0.15) is 0 Å². The summed E-state index contributed by atoms with van der Waals surface area (Å²) in [4.78, 5) is 4.13. The molecule has 1 fully saturated rings. The lowest BCUT2D eigenvalue weighted by atomic mass is 9.92. The van der Waals surface area contributed by atoms with Gasteiger partial charge in [-0.15, -0.1) is 11.3 Å². The van der Waals surface area contributed by atoms with E-state index >= 15 is 0 Å². The molecule has 1 aliphatic rings. The molecule has 0 amide bonds. The first-order valence-corrected chi connectivity index (χ1v) is 7.61. The van der Waals surface area contributed by atoms with Gasteiger partial charge in [0, 0.05) is 30.1 Å². The van der Waals surface area contributed by atoms with E-state index in [2.05, 4.69) is 48.5 Å². The van der Waals surface area contributed by atoms with E-state index in [9.17, 15) is 0 Å². The standard InChI is InChI=1S/C14H24N2S/c1-4-15-13-7-8-16(10-11(13)2)12(3)14-6-5-9-17-14/h5-6,9,11-13,15H,4,7-8,10H2,1-3H3. The van der Waals surface area contributed by atoms with Crippen LogP contribution in [-0.2, 0) is 0 Å². The molecule has 0 radical (unpaired) electrons. The molecule has 0 bridgehead atoms. The monoisotopic (exact) mass is 252 g/mol. The van der Waals surface area contributed by atoms with Crippen LogP contribution in [0.25, 0.3) is 0 Å². The van der Waals surface area contributed by atoms with Gasteiger partial charge in [0.2, 0.25) is 0 Å². The molecule has 0 aliphatic carbocycles. The molecule has 0 aromatic carbocycles. The van der Waals surface area contributed by atoms with Crippen LogP contribution in [0.3, 0.4) is 0 Å². The smallest absolute Gasteiger partial charge is 0.0413 e. The minimum atomic E-state index is 0.583. The van der Waals surface area contributed by atoms with Gasteiger partial charge in [-0.05, 0) is 37.3 Å². The fourth-order valence-corrected chi connectivity index (χ4v) is 3.62. The Kier molecular flexibility index (Phi) is 4.60. The molecule has 0 saturated carbocycles. The van der Waals surface area contributed by atoms with Crippen LogP contribution in [0.4, 0.5) is 0 Å². The van der Waals surface area contributed by atoms with Crippen LogP contribution in [0, 0.1) is 5.92 Å². The predicted octanol–water partition coefficient (Wildman–Crippen LogP) is 3.13. The quantitative estimate of drug-likeness (QED) is 0.885. The summed E-state index contributed by atoms with van der Waals surface area (Å²) < 4.78 is 0. The van der Waals surface area contributed by atoms with Crippen molar-refractivity contribution in [2.24, 2.45) is 5.92 Å². The van der Waals surface area contributed by atoms with Crippen LogP contribution >= 0.6 is 11.3 Å². The van der Waals surface area contributed by atoms with E-state index in [0.717, 1.165) is 12.5 Å². The normalized spacial score (nSPS) is 28.2. The summed E-state index contributed by atoms with van der Waals surface area (Å²) in [5.41, 5.74) is 0. The maximum absolute atomic E-state index is 3.60. The van der Waals surface area contributed by atoms with E-state index in [1.807, 2.05) is 11.3 Å². The van der Waals surface area contributed by atoms with Crippen molar-refractivity contribution in [2.75, 3.05) is 19.6 Å². The number of nitrogens with zero attached hydrogens (tertiary/aromatic N) is 1. The lowest BCUT2D eigenvalue weighted by molar-refractivity contribution is 0.113. The third kappa shape index (κ3) is 3.09. The second-order valence-corrected chi connectivity index (χ2v) is 6.10. The van der Waals surface area contributed by atoms with Crippen molar-refractivity contribution >= 4 is 11.3 Å². The average molecular weight is 252 g/mol. The van der Waals surface area contributed by atoms with Crippen LogP contribution in [-0.4, -0.2) is 30.6 Å². The molecule has 1 saturated heterocycles. The Hall–Kier alpha value is -0.380. The van der Waals surface area contributed by atoms with E-state index in [1.165, 1.54) is 24.4 Å². The Morgan fingerprint density at radius 2 is 2.41 bits per heavy atom. The van der Waals surface area contributed by atoms with E-state index in [1.54, 1.807) is 0 Å². The Morgan fingerprint density at radius 1 is 1.59 bits per heavy atom. The molecule has 2 nitrogen and oxygen atoms in total. The fourth-order valence-electron chi connectivity index (χ4n) is 2.80. The molecule has 0 spiro atoms. The molecule has 17 heavy (non-hydrogen) atoms. The Bertz CT molecular complexity index is 323. The number of nitrogens with one attached hydrogen (secondary N) is 1. The SMILES string of the molecule is CCNC1CCN(C(C)c2cccs2)CC1C. The van der Waals surface area contributed by atoms with Crippen molar-refractivity contribution in [3.63, 3.8) is 0 Å². The zero-order valence-electron chi connectivity index (χ0n) is 11.1. The molecule has 3 atom stereocenters. The van der Waals surface area contributed by atoms with Crippen molar-refractivity contribution in [2.45, 2.75) is 39.3 Å². The van der Waals surface area contributed by atoms with Crippen LogP contribution in [0.5, 0.6) is 0 Å². The molecule has 2 heterocycles. The number of likely N-dealkylation sites (tertiary alicyclic amines) is 1. The van der Waals surface area contributed by atoms with Gasteiger partial charge in [-0.1, -0.05) is 19.9 Å². The van der Waals surface area contributed by atoms with Gasteiger partial charge in [-0.25, -0.2) is 0 Å². The van der Waals surface area contributed by atoms with Gasteiger partial charge >= 0.3 is 0 Å². The minimum absolute atomic E-state index is 0.583. The zero-order valence-corrected chi connectivity index (χ0v) is 12.0. The number of rotatable bonds is 4. The average Bonchev–Trinajstić information content (AvgIpc) is 2.84. The lowest BCUT2D eigenvalue weighted by Crippen LogP contribution is -2.48. The first-order chi connectivity index (χ1) is 8.22. The summed E-state index contributed by atoms with van der Waals surface area (Å²) in [5, 5.41) is 5.79. The van der Waals surface area contributed by atoms with Crippen LogP contribution in [0.1, 0.15) is 38.1 Å². The molecule has 96 valence electrons. The first-order valence-electron chi connectivity index (χ1n) is 6.73. The maximum Gasteiger partial charge on any atom is 0.0413 e. The van der Waals surface area contributed by atoms with Crippen molar-refractivity contribution in [1.29, 1.82) is 0 Å². The summed E-state index contributed by atoms with van der Waals surface area (Å²) >= 11 is 1.88. The van der Waals surface area contributed by atoms with Gasteiger partial charge in [0.15, 0.2) is 0 Å². The molecule has 1 N–H and O–H groups in total. The van der Waals surface area contributed by atoms with E-state index in [0.29, 0.717) is 12.1 Å². The van der Waals surface area contributed by atoms with Gasteiger partial charge in [0.25, 0.3) is 0 Å². The molecule has 2 rings (SSSR count). The second-order valence-electron chi connectivity index (χ2n) is 5.12. The topological polar surface area (TPSA) is 15.3 Å². The lowest BCUT2D eigenvalue weighted by Gasteiger charge is -2.40. The molecule has 1 aromatic heterocycles. The first kappa shape index (κ1) is 13.1. The highest BCUT2D eigenvalue weighted by Gasteiger charge is 2.28. The van der Waals surface area contributed by atoms with Gasteiger partial charge in [-0.3, -0.25) is 4.90 Å². The highest BCUT2D eigenvalue weighted by molar-refractivity contribution is 7.10. The highest BCUT2D eigenvalue weighted by atomic mass is 32.1. The van der Waals surface area contributed by atoms with Crippen LogP contribution in [0.2, 0.25) is 0 Å². The van der Waals surface area contributed by atoms with E-state index < -0.39 is 0 Å². The molecule has 3 heteroatoms. The third-order valence-electron chi connectivity index (χ3n) is 3.91. The van der Waals surface area contributed by atoms with E-state index in [4.69, 9.17) is 0 Å². The van der Waals surface area contributed by atoms with E-state index in [-0.39, 0.29) is 0 Å². The minimum Gasteiger partial charge on any atom is -0.314 e.